The summed E-state index contributed by atoms with van der Waals surface area (Å²) in [5, 5.41) is 17.3. The molecule has 0 aromatic heterocycles. The lowest BCUT2D eigenvalue weighted by Crippen LogP contribution is -2.47. The highest BCUT2D eigenvalue weighted by Crippen LogP contribution is 2.19. The third kappa shape index (κ3) is 8.67. The van der Waals surface area contributed by atoms with Crippen molar-refractivity contribution in [3.8, 4) is 5.75 Å². The number of carbonyl (C=O) groups excluding carboxylic acids is 1. The molecule has 0 aliphatic carbocycles. The van der Waals surface area contributed by atoms with E-state index in [-0.39, 0.29) is 18.6 Å². The Balaban J connectivity index is 2.10. The molecule has 0 radical (unpaired) electrons. The van der Waals surface area contributed by atoms with Gasteiger partial charge < -0.3 is 20.5 Å². The number of aliphatic carboxylic acids is 1. The average molecular weight is 441 g/mol. The Morgan fingerprint density at radius 3 is 2.16 bits per heavy atom. The standard InChI is InChI=1S/C24H32N4O4/c1-5-18-6-8-19(9-7-18)15-25-23(28-24(31)26-14-17(4)22(29)30)27-20-10-12-21(13-11-20)32-16(2)3/h6-13,16-17H,5,14-15H2,1-4H3,(H,29,30)(H3,25,26,27,28,31)/t17-/m0/s1. The minimum Gasteiger partial charge on any atom is -0.491 e. The molecule has 8 nitrogen and oxygen atoms in total. The number of urea groups is 1. The number of ether oxygens (including phenoxy) is 1. The lowest BCUT2D eigenvalue weighted by atomic mass is 10.1. The van der Waals surface area contributed by atoms with Crippen molar-refractivity contribution < 1.29 is 19.4 Å². The van der Waals surface area contributed by atoms with Crippen LogP contribution in [0.2, 0.25) is 0 Å². The Hall–Kier alpha value is -3.55. The van der Waals surface area contributed by atoms with Crippen LogP contribution in [0.4, 0.5) is 10.5 Å². The zero-order valence-corrected chi connectivity index (χ0v) is 19.0. The first-order valence-corrected chi connectivity index (χ1v) is 10.7. The molecule has 2 rings (SSSR count). The highest BCUT2D eigenvalue weighted by Gasteiger charge is 2.13. The van der Waals surface area contributed by atoms with Gasteiger partial charge in [-0.05, 0) is 55.7 Å². The quantitative estimate of drug-likeness (QED) is 0.350. The topological polar surface area (TPSA) is 112 Å². The van der Waals surface area contributed by atoms with E-state index in [0.29, 0.717) is 12.2 Å². The minimum absolute atomic E-state index is 0.00810. The van der Waals surface area contributed by atoms with E-state index in [1.807, 2.05) is 38.1 Å². The molecular formula is C24H32N4O4. The van der Waals surface area contributed by atoms with Gasteiger partial charge in [-0.25, -0.2) is 9.79 Å². The number of nitrogens with one attached hydrogen (secondary N) is 3. The molecule has 0 unspecified atom stereocenters. The van der Waals surface area contributed by atoms with Gasteiger partial charge in [-0.2, -0.15) is 0 Å². The number of rotatable bonds is 9. The maximum absolute atomic E-state index is 12.3. The molecule has 32 heavy (non-hydrogen) atoms. The number of amides is 2. The van der Waals surface area contributed by atoms with Crippen LogP contribution in [-0.4, -0.2) is 35.7 Å². The van der Waals surface area contributed by atoms with Gasteiger partial charge in [-0.3, -0.25) is 10.1 Å². The van der Waals surface area contributed by atoms with E-state index in [9.17, 15) is 9.59 Å². The number of aliphatic imine (C=N–C) groups is 1. The van der Waals surface area contributed by atoms with E-state index in [1.54, 1.807) is 12.1 Å². The van der Waals surface area contributed by atoms with E-state index in [0.717, 1.165) is 17.7 Å². The van der Waals surface area contributed by atoms with Crippen molar-refractivity contribution >= 4 is 23.6 Å². The van der Waals surface area contributed by atoms with E-state index in [4.69, 9.17) is 9.84 Å². The predicted molar refractivity (Wildman–Crippen MR) is 125 cm³/mol. The Bertz CT molecular complexity index is 909. The fraction of sp³-hybridized carbons (Fsp3) is 0.375. The number of hydrogen-bond acceptors (Lipinski definition) is 4. The number of aryl methyl sites for hydroxylation is 1. The van der Waals surface area contributed by atoms with Crippen LogP contribution in [0.25, 0.3) is 0 Å². The maximum atomic E-state index is 12.3. The molecule has 1 atom stereocenters. The second-order valence-corrected chi connectivity index (χ2v) is 7.72. The largest absolute Gasteiger partial charge is 0.491 e. The Morgan fingerprint density at radius 1 is 0.969 bits per heavy atom. The summed E-state index contributed by atoms with van der Waals surface area (Å²) in [6.45, 7) is 8.00. The monoisotopic (exact) mass is 440 g/mol. The van der Waals surface area contributed by atoms with Crippen molar-refractivity contribution in [2.24, 2.45) is 10.9 Å². The molecule has 0 fully saturated rings. The second-order valence-electron chi connectivity index (χ2n) is 7.72. The average Bonchev–Trinajstić information content (AvgIpc) is 2.77. The number of nitrogens with zero attached hydrogens (tertiary/aromatic N) is 1. The van der Waals surface area contributed by atoms with Crippen LogP contribution in [0, 0.1) is 5.92 Å². The fourth-order valence-electron chi connectivity index (χ4n) is 2.68. The number of benzene rings is 2. The molecule has 0 saturated carbocycles. The Labute approximate surface area is 189 Å². The highest BCUT2D eigenvalue weighted by atomic mass is 16.5. The smallest absolute Gasteiger partial charge is 0.321 e. The predicted octanol–water partition coefficient (Wildman–Crippen LogP) is 3.83. The summed E-state index contributed by atoms with van der Waals surface area (Å²) in [7, 11) is 0. The van der Waals surface area contributed by atoms with Crippen molar-refractivity contribution in [2.45, 2.75) is 46.8 Å². The summed E-state index contributed by atoms with van der Waals surface area (Å²) >= 11 is 0. The maximum Gasteiger partial charge on any atom is 0.321 e. The third-order valence-electron chi connectivity index (χ3n) is 4.56. The van der Waals surface area contributed by atoms with E-state index in [1.165, 1.54) is 12.5 Å². The summed E-state index contributed by atoms with van der Waals surface area (Å²) in [5.74, 6) is -0.684. The van der Waals surface area contributed by atoms with Gasteiger partial charge in [0.1, 0.15) is 5.75 Å². The van der Waals surface area contributed by atoms with E-state index < -0.39 is 17.9 Å². The molecule has 4 N–H and O–H groups in total. The molecule has 2 aromatic rings. The number of guanidine groups is 1. The van der Waals surface area contributed by atoms with Crippen LogP contribution in [0.15, 0.2) is 53.5 Å². The van der Waals surface area contributed by atoms with Crippen molar-refractivity contribution in [3.63, 3.8) is 0 Å². The Morgan fingerprint density at radius 2 is 1.59 bits per heavy atom. The number of carbonyl (C=O) groups is 2. The molecule has 0 heterocycles. The van der Waals surface area contributed by atoms with Gasteiger partial charge in [0.15, 0.2) is 0 Å². The van der Waals surface area contributed by atoms with Crippen molar-refractivity contribution in [3.05, 3.63) is 59.7 Å². The first-order chi connectivity index (χ1) is 15.3. The molecule has 2 aromatic carbocycles. The van der Waals surface area contributed by atoms with Gasteiger partial charge in [0.05, 0.1) is 17.7 Å². The van der Waals surface area contributed by atoms with Crippen LogP contribution < -0.4 is 20.7 Å². The van der Waals surface area contributed by atoms with E-state index in [2.05, 4.69) is 40.0 Å². The Kier molecular flexibility index (Phi) is 9.53. The molecule has 8 heteroatoms. The molecule has 0 aliphatic rings. The normalized spacial score (nSPS) is 12.2. The van der Waals surface area contributed by atoms with Crippen molar-refractivity contribution in [2.75, 3.05) is 6.54 Å². The third-order valence-corrected chi connectivity index (χ3v) is 4.56. The number of hydrogen-bond donors (Lipinski definition) is 4. The SMILES string of the molecule is CCc1ccc(CN/C(=N/c2ccc(OC(C)C)cc2)NC(=O)NC[C@H](C)C(=O)O)cc1. The van der Waals surface area contributed by atoms with Crippen LogP contribution in [-0.2, 0) is 17.8 Å². The molecule has 172 valence electrons. The van der Waals surface area contributed by atoms with Crippen LogP contribution in [0.5, 0.6) is 5.75 Å². The van der Waals surface area contributed by atoms with Crippen molar-refractivity contribution in [1.29, 1.82) is 0 Å². The minimum atomic E-state index is -0.975. The number of carboxylic acid groups (broad SMARTS) is 1. The van der Waals surface area contributed by atoms with Gasteiger partial charge in [-0.1, -0.05) is 38.1 Å². The van der Waals surface area contributed by atoms with Gasteiger partial charge in [-0.15, -0.1) is 0 Å². The molecule has 0 bridgehead atoms. The van der Waals surface area contributed by atoms with Gasteiger partial charge in [0.2, 0.25) is 5.96 Å². The van der Waals surface area contributed by atoms with Gasteiger partial charge in [0, 0.05) is 13.1 Å². The summed E-state index contributed by atoms with van der Waals surface area (Å²) in [5.41, 5.74) is 2.91. The zero-order valence-electron chi connectivity index (χ0n) is 19.0. The van der Waals surface area contributed by atoms with Crippen LogP contribution in [0.1, 0.15) is 38.8 Å². The van der Waals surface area contributed by atoms with Crippen LogP contribution in [0.3, 0.4) is 0 Å². The first-order valence-electron chi connectivity index (χ1n) is 10.7. The molecule has 0 aliphatic heterocycles. The lowest BCUT2D eigenvalue weighted by molar-refractivity contribution is -0.140. The summed E-state index contributed by atoms with van der Waals surface area (Å²) < 4.78 is 5.64. The zero-order chi connectivity index (χ0) is 23.5. The van der Waals surface area contributed by atoms with Gasteiger partial charge >= 0.3 is 12.0 Å². The molecule has 2 amide bonds. The first kappa shape index (κ1) is 24.7. The lowest BCUT2D eigenvalue weighted by Gasteiger charge is -2.14. The van der Waals surface area contributed by atoms with Gasteiger partial charge in [0.25, 0.3) is 0 Å². The second kappa shape index (κ2) is 12.3. The van der Waals surface area contributed by atoms with E-state index >= 15 is 0 Å². The summed E-state index contributed by atoms with van der Waals surface area (Å²) in [4.78, 5) is 27.7. The van der Waals surface area contributed by atoms with Crippen molar-refractivity contribution in [1.82, 2.24) is 16.0 Å². The van der Waals surface area contributed by atoms with Crippen LogP contribution >= 0.6 is 0 Å². The summed E-state index contributed by atoms with van der Waals surface area (Å²) in [6.07, 6.45) is 1.03. The fourth-order valence-corrected chi connectivity index (χ4v) is 2.68. The number of carboxylic acids is 1. The molecule has 0 saturated heterocycles. The highest BCUT2D eigenvalue weighted by molar-refractivity contribution is 5.97. The molecular weight excluding hydrogens is 408 g/mol. The summed E-state index contributed by atoms with van der Waals surface area (Å²) in [6, 6.07) is 14.9. The molecule has 0 spiro atoms.